The number of anilines is 1. The van der Waals surface area contributed by atoms with E-state index in [1.807, 2.05) is 6.07 Å². The fourth-order valence-electron chi connectivity index (χ4n) is 2.33. The first-order chi connectivity index (χ1) is 13.5. The van der Waals surface area contributed by atoms with Gasteiger partial charge in [-0.2, -0.15) is 5.10 Å². The Morgan fingerprint density at radius 3 is 2.18 bits per heavy atom. The maximum atomic E-state index is 12.2. The van der Waals surface area contributed by atoms with Gasteiger partial charge in [-0.3, -0.25) is 9.59 Å². The van der Waals surface area contributed by atoms with E-state index >= 15 is 0 Å². The molecule has 7 heteroatoms. The highest BCUT2D eigenvalue weighted by Crippen LogP contribution is 2.19. The van der Waals surface area contributed by atoms with E-state index < -0.39 is 0 Å². The van der Waals surface area contributed by atoms with Crippen molar-refractivity contribution in [3.8, 4) is 0 Å². The summed E-state index contributed by atoms with van der Waals surface area (Å²) in [5, 5.41) is 7.62. The van der Waals surface area contributed by atoms with E-state index in [-0.39, 0.29) is 11.8 Å². The minimum Gasteiger partial charge on any atom is -0.322 e. The molecule has 3 aromatic carbocycles. The first kappa shape index (κ1) is 19.6. The van der Waals surface area contributed by atoms with Gasteiger partial charge in [0.05, 0.1) is 11.2 Å². The van der Waals surface area contributed by atoms with Gasteiger partial charge in [-0.1, -0.05) is 47.5 Å². The van der Waals surface area contributed by atoms with Crippen LogP contribution in [0.4, 0.5) is 5.69 Å². The van der Waals surface area contributed by atoms with Crippen LogP contribution in [0.3, 0.4) is 0 Å². The third-order valence-electron chi connectivity index (χ3n) is 3.77. The molecule has 0 saturated heterocycles. The molecule has 3 aromatic rings. The first-order valence-electron chi connectivity index (χ1n) is 8.28. The summed E-state index contributed by atoms with van der Waals surface area (Å²) in [5.74, 6) is -0.607. The number of nitrogens with one attached hydrogen (secondary N) is 2. The molecule has 0 aliphatic rings. The van der Waals surface area contributed by atoms with Gasteiger partial charge in [0.15, 0.2) is 0 Å². The Labute approximate surface area is 172 Å². The number of carbonyl (C=O) groups is 2. The quantitative estimate of drug-likeness (QED) is 0.457. The molecule has 28 heavy (non-hydrogen) atoms. The SMILES string of the molecule is O=C(NN=Cc1ccc(Cl)cc1Cl)c1ccc(NC(=O)c2ccccc2)cc1. The fraction of sp³-hybridized carbons (Fsp3) is 0. The van der Waals surface area contributed by atoms with Gasteiger partial charge in [0.1, 0.15) is 0 Å². The monoisotopic (exact) mass is 411 g/mol. The molecule has 0 aliphatic carbocycles. The summed E-state index contributed by atoms with van der Waals surface area (Å²) >= 11 is 11.9. The molecule has 0 unspecified atom stereocenters. The van der Waals surface area contributed by atoms with Crippen LogP contribution in [0, 0.1) is 0 Å². The zero-order valence-electron chi connectivity index (χ0n) is 14.5. The molecule has 0 aliphatic heterocycles. The van der Waals surface area contributed by atoms with Gasteiger partial charge in [-0.15, -0.1) is 0 Å². The zero-order chi connectivity index (χ0) is 19.9. The average Bonchev–Trinajstić information content (AvgIpc) is 2.70. The van der Waals surface area contributed by atoms with Crippen LogP contribution in [0.5, 0.6) is 0 Å². The molecule has 2 N–H and O–H groups in total. The summed E-state index contributed by atoms with van der Waals surface area (Å²) in [7, 11) is 0. The summed E-state index contributed by atoms with van der Waals surface area (Å²) in [6, 6.07) is 20.3. The summed E-state index contributed by atoms with van der Waals surface area (Å²) in [6.45, 7) is 0. The summed E-state index contributed by atoms with van der Waals surface area (Å²) < 4.78 is 0. The van der Waals surface area contributed by atoms with Crippen LogP contribution in [-0.2, 0) is 0 Å². The van der Waals surface area contributed by atoms with E-state index in [0.717, 1.165) is 0 Å². The maximum Gasteiger partial charge on any atom is 0.271 e. The van der Waals surface area contributed by atoms with Crippen molar-refractivity contribution in [1.82, 2.24) is 5.43 Å². The molecule has 3 rings (SSSR count). The van der Waals surface area contributed by atoms with Crippen molar-refractivity contribution in [3.05, 3.63) is 99.5 Å². The van der Waals surface area contributed by atoms with Gasteiger partial charge < -0.3 is 5.32 Å². The number of benzene rings is 3. The van der Waals surface area contributed by atoms with Gasteiger partial charge in [0, 0.05) is 27.4 Å². The highest BCUT2D eigenvalue weighted by atomic mass is 35.5. The lowest BCUT2D eigenvalue weighted by molar-refractivity contribution is 0.0954. The second-order valence-electron chi connectivity index (χ2n) is 5.76. The number of amides is 2. The van der Waals surface area contributed by atoms with E-state index in [4.69, 9.17) is 23.2 Å². The van der Waals surface area contributed by atoms with Crippen molar-refractivity contribution in [2.45, 2.75) is 0 Å². The summed E-state index contributed by atoms with van der Waals surface area (Å²) in [4.78, 5) is 24.3. The molecular weight excluding hydrogens is 397 g/mol. The Kier molecular flexibility index (Phi) is 6.42. The van der Waals surface area contributed by atoms with E-state index in [9.17, 15) is 9.59 Å². The minimum absolute atomic E-state index is 0.220. The predicted molar refractivity (Wildman–Crippen MR) is 112 cm³/mol. The topological polar surface area (TPSA) is 70.6 Å². The highest BCUT2D eigenvalue weighted by Gasteiger charge is 2.07. The Morgan fingerprint density at radius 1 is 0.821 bits per heavy atom. The minimum atomic E-state index is -0.387. The molecule has 140 valence electrons. The molecule has 0 radical (unpaired) electrons. The number of nitrogens with zero attached hydrogens (tertiary/aromatic N) is 1. The lowest BCUT2D eigenvalue weighted by Gasteiger charge is -2.06. The summed E-state index contributed by atoms with van der Waals surface area (Å²) in [6.07, 6.45) is 1.44. The van der Waals surface area contributed by atoms with Gasteiger partial charge in [-0.05, 0) is 48.5 Å². The second kappa shape index (κ2) is 9.17. The normalized spacial score (nSPS) is 10.6. The Bertz CT molecular complexity index is 1020. The third kappa shape index (κ3) is 5.19. The van der Waals surface area contributed by atoms with Crippen molar-refractivity contribution < 1.29 is 9.59 Å². The number of halogens is 2. The van der Waals surface area contributed by atoms with Crippen LogP contribution in [0.25, 0.3) is 0 Å². The molecule has 0 heterocycles. The fourth-order valence-corrected chi connectivity index (χ4v) is 2.79. The van der Waals surface area contributed by atoms with Crippen molar-refractivity contribution in [3.63, 3.8) is 0 Å². The van der Waals surface area contributed by atoms with Gasteiger partial charge in [-0.25, -0.2) is 5.43 Å². The van der Waals surface area contributed by atoms with E-state index in [1.165, 1.54) is 6.21 Å². The zero-order valence-corrected chi connectivity index (χ0v) is 16.0. The maximum absolute atomic E-state index is 12.2. The number of carbonyl (C=O) groups excluding carboxylic acids is 2. The van der Waals surface area contributed by atoms with Crippen molar-refractivity contribution in [2.24, 2.45) is 5.10 Å². The van der Waals surface area contributed by atoms with Crippen LogP contribution < -0.4 is 10.7 Å². The summed E-state index contributed by atoms with van der Waals surface area (Å²) in [5.41, 5.74) is 4.60. The van der Waals surface area contributed by atoms with E-state index in [1.54, 1.807) is 66.7 Å². The molecule has 0 saturated carbocycles. The number of hydrogen-bond acceptors (Lipinski definition) is 3. The molecule has 2 amide bonds. The Morgan fingerprint density at radius 2 is 1.50 bits per heavy atom. The predicted octanol–water partition coefficient (Wildman–Crippen LogP) is 5.01. The molecule has 0 atom stereocenters. The Hall–Kier alpha value is -3.15. The van der Waals surface area contributed by atoms with Crippen LogP contribution in [0.1, 0.15) is 26.3 Å². The van der Waals surface area contributed by atoms with Gasteiger partial charge in [0.25, 0.3) is 11.8 Å². The van der Waals surface area contributed by atoms with Gasteiger partial charge in [0.2, 0.25) is 0 Å². The van der Waals surface area contributed by atoms with Crippen molar-refractivity contribution in [2.75, 3.05) is 5.32 Å². The van der Waals surface area contributed by atoms with Crippen LogP contribution in [0.15, 0.2) is 77.9 Å². The average molecular weight is 412 g/mol. The first-order valence-corrected chi connectivity index (χ1v) is 9.03. The Balaban J connectivity index is 1.59. The number of hydrogen-bond donors (Lipinski definition) is 2. The molecule has 0 bridgehead atoms. The number of rotatable bonds is 5. The van der Waals surface area contributed by atoms with Gasteiger partial charge >= 0.3 is 0 Å². The molecule has 0 fully saturated rings. The lowest BCUT2D eigenvalue weighted by atomic mass is 10.1. The molecule has 5 nitrogen and oxygen atoms in total. The largest absolute Gasteiger partial charge is 0.322 e. The smallest absolute Gasteiger partial charge is 0.271 e. The third-order valence-corrected chi connectivity index (χ3v) is 4.34. The second-order valence-corrected chi connectivity index (χ2v) is 6.61. The lowest BCUT2D eigenvalue weighted by Crippen LogP contribution is -2.18. The molecule has 0 spiro atoms. The van der Waals surface area contributed by atoms with E-state index in [0.29, 0.717) is 32.4 Å². The van der Waals surface area contributed by atoms with Crippen LogP contribution >= 0.6 is 23.2 Å². The van der Waals surface area contributed by atoms with E-state index in [2.05, 4.69) is 15.8 Å². The standard InChI is InChI=1S/C21H15Cl2N3O2/c22-17-9-6-16(19(23)12-17)13-24-26-21(28)15-7-10-18(11-8-15)25-20(27)14-4-2-1-3-5-14/h1-13H,(H,25,27)(H,26,28). The van der Waals surface area contributed by atoms with Crippen LogP contribution in [0.2, 0.25) is 10.0 Å². The molecule has 0 aromatic heterocycles. The van der Waals surface area contributed by atoms with Crippen molar-refractivity contribution >= 4 is 46.9 Å². The van der Waals surface area contributed by atoms with Crippen LogP contribution in [-0.4, -0.2) is 18.0 Å². The highest BCUT2D eigenvalue weighted by molar-refractivity contribution is 6.36. The molecular formula is C21H15Cl2N3O2. The van der Waals surface area contributed by atoms with Crippen molar-refractivity contribution in [1.29, 1.82) is 0 Å². The number of hydrazone groups is 1.